The maximum absolute atomic E-state index is 12.9. The highest BCUT2D eigenvalue weighted by Gasteiger charge is 2.63. The van der Waals surface area contributed by atoms with Crippen LogP contribution in [-0.2, 0) is 4.79 Å². The van der Waals surface area contributed by atoms with Crippen LogP contribution in [0.2, 0.25) is 0 Å². The van der Waals surface area contributed by atoms with E-state index in [4.69, 9.17) is 0 Å². The van der Waals surface area contributed by atoms with Crippen LogP contribution >= 0.6 is 0 Å². The average Bonchev–Trinajstić information content (AvgIpc) is 2.21. The Balaban J connectivity index is 3.03. The van der Waals surface area contributed by atoms with Crippen molar-refractivity contribution in [2.75, 3.05) is 5.32 Å². The van der Waals surface area contributed by atoms with Crippen LogP contribution < -0.4 is 5.32 Å². The number of alkyl halides is 5. The van der Waals surface area contributed by atoms with Gasteiger partial charge in [0.05, 0.1) is 0 Å². The van der Waals surface area contributed by atoms with Crippen molar-refractivity contribution in [3.8, 4) is 0 Å². The summed E-state index contributed by atoms with van der Waals surface area (Å²) in [5.41, 5.74) is -1.37. The standard InChI is InChI=1S/C9H4F7NO/c10-4-2-1-3-5(11)6(4)17-7(18)8(12,13)9(14,15)16/h1-3H,(H,17,18). The fourth-order valence-corrected chi connectivity index (χ4v) is 0.938. The second-order valence-electron chi connectivity index (χ2n) is 3.12. The van der Waals surface area contributed by atoms with E-state index in [2.05, 4.69) is 0 Å². The average molecular weight is 275 g/mol. The summed E-state index contributed by atoms with van der Waals surface area (Å²) in [5.74, 6) is -11.6. The molecule has 9 heteroatoms. The van der Waals surface area contributed by atoms with Gasteiger partial charge in [-0.15, -0.1) is 0 Å². The molecule has 0 saturated carbocycles. The monoisotopic (exact) mass is 275 g/mol. The molecule has 0 aliphatic rings. The molecule has 1 aromatic carbocycles. The van der Waals surface area contributed by atoms with Gasteiger partial charge in [-0.3, -0.25) is 4.79 Å². The van der Waals surface area contributed by atoms with E-state index in [-0.39, 0.29) is 0 Å². The Hall–Kier alpha value is -1.80. The van der Waals surface area contributed by atoms with E-state index in [0.717, 1.165) is 11.4 Å². The SMILES string of the molecule is O=C(Nc1c(F)cccc1F)C(F)(F)C(F)(F)F. The van der Waals surface area contributed by atoms with Gasteiger partial charge in [0, 0.05) is 0 Å². The fourth-order valence-electron chi connectivity index (χ4n) is 0.938. The molecule has 18 heavy (non-hydrogen) atoms. The molecule has 1 N–H and O–H groups in total. The smallest absolute Gasteiger partial charge is 0.316 e. The highest BCUT2D eigenvalue weighted by Crippen LogP contribution is 2.36. The van der Waals surface area contributed by atoms with Gasteiger partial charge in [-0.1, -0.05) is 6.07 Å². The number of amides is 1. The number of benzene rings is 1. The molecule has 0 heterocycles. The second-order valence-corrected chi connectivity index (χ2v) is 3.12. The maximum Gasteiger partial charge on any atom is 0.463 e. The van der Waals surface area contributed by atoms with Gasteiger partial charge in [0.15, 0.2) is 0 Å². The highest BCUT2D eigenvalue weighted by molar-refractivity contribution is 5.96. The number of hydrogen-bond acceptors (Lipinski definition) is 1. The minimum Gasteiger partial charge on any atom is -0.316 e. The molecule has 0 saturated heterocycles. The van der Waals surface area contributed by atoms with Crippen molar-refractivity contribution in [1.29, 1.82) is 0 Å². The number of nitrogens with one attached hydrogen (secondary N) is 1. The molecule has 0 aliphatic carbocycles. The summed E-state index contributed by atoms with van der Waals surface area (Å²) < 4.78 is 86.2. The number of rotatable bonds is 2. The second kappa shape index (κ2) is 4.46. The first-order chi connectivity index (χ1) is 8.07. The van der Waals surface area contributed by atoms with Gasteiger partial charge in [0.2, 0.25) is 0 Å². The third-order valence-corrected chi connectivity index (χ3v) is 1.84. The van der Waals surface area contributed by atoms with E-state index in [1.54, 1.807) is 0 Å². The van der Waals surface area contributed by atoms with E-state index in [1.165, 1.54) is 0 Å². The van der Waals surface area contributed by atoms with Crippen molar-refractivity contribution in [2.24, 2.45) is 0 Å². The molecule has 0 aliphatic heterocycles. The van der Waals surface area contributed by atoms with Gasteiger partial charge in [-0.25, -0.2) is 8.78 Å². The third kappa shape index (κ3) is 2.54. The van der Waals surface area contributed by atoms with E-state index < -0.39 is 35.3 Å². The molecule has 2 nitrogen and oxygen atoms in total. The van der Waals surface area contributed by atoms with Crippen LogP contribution in [0.15, 0.2) is 18.2 Å². The normalized spacial score (nSPS) is 12.4. The predicted molar refractivity (Wildman–Crippen MR) is 46.0 cm³/mol. The molecule has 0 bridgehead atoms. The Bertz CT molecular complexity index is 448. The van der Waals surface area contributed by atoms with Crippen molar-refractivity contribution in [3.63, 3.8) is 0 Å². The Morgan fingerprint density at radius 1 is 1.00 bits per heavy atom. The third-order valence-electron chi connectivity index (χ3n) is 1.84. The van der Waals surface area contributed by atoms with Crippen LogP contribution in [0, 0.1) is 11.6 Å². The molecule has 0 atom stereocenters. The Labute approximate surface area is 95.4 Å². The predicted octanol–water partition coefficient (Wildman–Crippen LogP) is 3.10. The van der Waals surface area contributed by atoms with E-state index in [1.807, 2.05) is 0 Å². The van der Waals surface area contributed by atoms with Crippen molar-refractivity contribution in [3.05, 3.63) is 29.8 Å². The summed E-state index contributed by atoms with van der Waals surface area (Å²) in [7, 11) is 0. The van der Waals surface area contributed by atoms with Gasteiger partial charge in [0.25, 0.3) is 0 Å². The summed E-state index contributed by atoms with van der Waals surface area (Å²) in [5, 5.41) is 0.866. The lowest BCUT2D eigenvalue weighted by Crippen LogP contribution is -2.47. The topological polar surface area (TPSA) is 29.1 Å². The Morgan fingerprint density at radius 2 is 1.44 bits per heavy atom. The summed E-state index contributed by atoms with van der Waals surface area (Å²) >= 11 is 0. The Morgan fingerprint density at radius 3 is 1.83 bits per heavy atom. The number of carbonyl (C=O) groups excluding carboxylic acids is 1. The van der Waals surface area contributed by atoms with Crippen LogP contribution in [0.5, 0.6) is 0 Å². The largest absolute Gasteiger partial charge is 0.463 e. The van der Waals surface area contributed by atoms with Crippen LogP contribution in [0.3, 0.4) is 0 Å². The van der Waals surface area contributed by atoms with E-state index in [9.17, 15) is 35.5 Å². The van der Waals surface area contributed by atoms with Crippen LogP contribution in [0.1, 0.15) is 0 Å². The lowest BCUT2D eigenvalue weighted by molar-refractivity contribution is -0.267. The van der Waals surface area contributed by atoms with Crippen molar-refractivity contribution in [1.82, 2.24) is 0 Å². The van der Waals surface area contributed by atoms with Crippen molar-refractivity contribution < 1.29 is 35.5 Å². The van der Waals surface area contributed by atoms with Gasteiger partial charge in [-0.2, -0.15) is 22.0 Å². The molecule has 100 valence electrons. The molecule has 1 aromatic rings. The number of halogens is 7. The number of hydrogen-bond donors (Lipinski definition) is 1. The first-order valence-electron chi connectivity index (χ1n) is 4.27. The molecule has 0 spiro atoms. The van der Waals surface area contributed by atoms with Gasteiger partial charge in [-0.05, 0) is 12.1 Å². The summed E-state index contributed by atoms with van der Waals surface area (Å²) in [6.45, 7) is 0. The molecular formula is C9H4F7NO. The molecular weight excluding hydrogens is 271 g/mol. The van der Waals surface area contributed by atoms with Gasteiger partial charge >= 0.3 is 18.0 Å². The van der Waals surface area contributed by atoms with Crippen LogP contribution in [0.4, 0.5) is 36.4 Å². The zero-order chi connectivity index (χ0) is 14.1. The molecule has 0 fully saturated rings. The summed E-state index contributed by atoms with van der Waals surface area (Å²) in [6.07, 6.45) is -6.15. The van der Waals surface area contributed by atoms with Crippen molar-refractivity contribution in [2.45, 2.75) is 12.1 Å². The number of carbonyl (C=O) groups is 1. The van der Waals surface area contributed by atoms with Crippen LogP contribution in [0.25, 0.3) is 0 Å². The van der Waals surface area contributed by atoms with Crippen molar-refractivity contribution >= 4 is 11.6 Å². The van der Waals surface area contributed by atoms with E-state index in [0.29, 0.717) is 12.1 Å². The lowest BCUT2D eigenvalue weighted by atomic mass is 10.2. The number of para-hydroxylation sites is 1. The minimum absolute atomic E-state index is 0.588. The van der Waals surface area contributed by atoms with E-state index >= 15 is 0 Å². The van der Waals surface area contributed by atoms with Crippen LogP contribution in [-0.4, -0.2) is 18.0 Å². The highest BCUT2D eigenvalue weighted by atomic mass is 19.4. The molecule has 0 unspecified atom stereocenters. The minimum atomic E-state index is -6.15. The fraction of sp³-hybridized carbons (Fsp3) is 0.222. The number of anilines is 1. The summed E-state index contributed by atoms with van der Waals surface area (Å²) in [4.78, 5) is 10.7. The summed E-state index contributed by atoms with van der Waals surface area (Å²) in [6, 6.07) is 2.02. The lowest BCUT2D eigenvalue weighted by Gasteiger charge is -2.18. The molecule has 1 rings (SSSR count). The zero-order valence-electron chi connectivity index (χ0n) is 8.29. The zero-order valence-corrected chi connectivity index (χ0v) is 8.29. The first kappa shape index (κ1) is 14.3. The van der Waals surface area contributed by atoms with Gasteiger partial charge in [0.1, 0.15) is 17.3 Å². The maximum atomic E-state index is 12.9. The molecule has 0 radical (unpaired) electrons. The Kier molecular flexibility index (Phi) is 3.54. The molecule has 1 amide bonds. The quantitative estimate of drug-likeness (QED) is 0.825. The molecule has 0 aromatic heterocycles. The van der Waals surface area contributed by atoms with Gasteiger partial charge < -0.3 is 5.32 Å². The first-order valence-corrected chi connectivity index (χ1v) is 4.27.